The molecule has 0 bridgehead atoms. The van der Waals surface area contributed by atoms with Gasteiger partial charge in [-0.2, -0.15) is 10.2 Å². The minimum atomic E-state index is -1.05. The molecule has 28 heavy (non-hydrogen) atoms. The zero-order chi connectivity index (χ0) is 19.7. The number of anilines is 3. The molecule has 0 aliphatic carbocycles. The van der Waals surface area contributed by atoms with Crippen molar-refractivity contribution in [2.24, 2.45) is 5.92 Å². The summed E-state index contributed by atoms with van der Waals surface area (Å²) >= 11 is 5.95. The molecule has 3 aromatic rings. The zero-order valence-electron chi connectivity index (χ0n) is 14.4. The Hall–Kier alpha value is -3.63. The van der Waals surface area contributed by atoms with Crippen molar-refractivity contribution >= 4 is 35.0 Å². The molecule has 8 heteroatoms. The SMILES string of the molecule is N#C[C@H]1C(=O)Nc2nc(Nc3ccccc3)[nH]c(=O)c2[C@H]1c1ccc(Cl)cc1. The number of hydrogen-bond acceptors (Lipinski definition) is 5. The predicted octanol–water partition coefficient (Wildman–Crippen LogP) is 3.39. The molecule has 7 nitrogen and oxygen atoms in total. The smallest absolute Gasteiger partial charge is 0.258 e. The molecule has 0 spiro atoms. The molecule has 3 N–H and O–H groups in total. The number of H-pyrrole nitrogens is 1. The van der Waals surface area contributed by atoms with Gasteiger partial charge in [0.25, 0.3) is 5.56 Å². The van der Waals surface area contributed by atoms with E-state index in [1.54, 1.807) is 24.3 Å². The van der Waals surface area contributed by atoms with Gasteiger partial charge in [0.05, 0.1) is 11.6 Å². The fourth-order valence-corrected chi connectivity index (χ4v) is 3.38. The topological polar surface area (TPSA) is 111 Å². The summed E-state index contributed by atoms with van der Waals surface area (Å²) in [5.74, 6) is -1.96. The van der Waals surface area contributed by atoms with Crippen molar-refractivity contribution in [3.8, 4) is 6.07 Å². The molecule has 0 fully saturated rings. The first kappa shape index (κ1) is 17.8. The summed E-state index contributed by atoms with van der Waals surface area (Å²) in [4.78, 5) is 32.4. The number of carbonyl (C=O) groups is 1. The van der Waals surface area contributed by atoms with E-state index in [1.807, 2.05) is 36.4 Å². The number of rotatable bonds is 3. The number of aromatic nitrogens is 2. The molecule has 1 aliphatic heterocycles. The van der Waals surface area contributed by atoms with Gasteiger partial charge in [-0.15, -0.1) is 0 Å². The van der Waals surface area contributed by atoms with Crippen LogP contribution >= 0.6 is 11.6 Å². The quantitative estimate of drug-likeness (QED) is 0.633. The highest BCUT2D eigenvalue weighted by molar-refractivity contribution is 6.30. The summed E-state index contributed by atoms with van der Waals surface area (Å²) in [6.07, 6.45) is 0. The maximum Gasteiger partial charge on any atom is 0.258 e. The number of nitrogens with one attached hydrogen (secondary N) is 3. The van der Waals surface area contributed by atoms with Crippen molar-refractivity contribution in [1.82, 2.24) is 9.97 Å². The van der Waals surface area contributed by atoms with Gasteiger partial charge in [-0.1, -0.05) is 41.9 Å². The third-order valence-corrected chi connectivity index (χ3v) is 4.78. The van der Waals surface area contributed by atoms with Crippen molar-refractivity contribution in [1.29, 1.82) is 5.26 Å². The van der Waals surface area contributed by atoms with Crippen LogP contribution in [0.5, 0.6) is 0 Å². The summed E-state index contributed by atoms with van der Waals surface area (Å²) in [6.45, 7) is 0. The number of nitrogens with zero attached hydrogens (tertiary/aromatic N) is 2. The highest BCUT2D eigenvalue weighted by Gasteiger charge is 2.40. The molecule has 2 atom stereocenters. The Kier molecular flexibility index (Phi) is 4.55. The fourth-order valence-electron chi connectivity index (χ4n) is 3.26. The normalized spacial score (nSPS) is 17.9. The second-order valence-electron chi connectivity index (χ2n) is 6.29. The largest absolute Gasteiger partial charge is 0.326 e. The minimum absolute atomic E-state index is 0.138. The van der Waals surface area contributed by atoms with E-state index in [-0.39, 0.29) is 17.3 Å². The monoisotopic (exact) mass is 391 g/mol. The summed E-state index contributed by atoms with van der Waals surface area (Å²) in [7, 11) is 0. The molecule has 1 amide bonds. The molecule has 0 saturated carbocycles. The lowest BCUT2D eigenvalue weighted by Gasteiger charge is -2.28. The lowest BCUT2D eigenvalue weighted by molar-refractivity contribution is -0.119. The van der Waals surface area contributed by atoms with Gasteiger partial charge in [-0.25, -0.2) is 0 Å². The van der Waals surface area contributed by atoms with Crippen LogP contribution in [0.2, 0.25) is 5.02 Å². The van der Waals surface area contributed by atoms with Gasteiger partial charge >= 0.3 is 0 Å². The standard InChI is InChI=1S/C20H14ClN5O2/c21-12-8-6-11(7-9-12)15-14(10-22)18(27)24-17-16(15)19(28)26-20(25-17)23-13-4-2-1-3-5-13/h1-9,14-15H,(H3,23,24,25,26,27,28)/t14-,15+/m1/s1. The highest BCUT2D eigenvalue weighted by atomic mass is 35.5. The van der Waals surface area contributed by atoms with E-state index in [4.69, 9.17) is 11.6 Å². The van der Waals surface area contributed by atoms with Crippen molar-refractivity contribution < 1.29 is 4.79 Å². The van der Waals surface area contributed by atoms with Gasteiger partial charge in [0.2, 0.25) is 11.9 Å². The molecule has 4 rings (SSSR count). The first-order valence-corrected chi connectivity index (χ1v) is 8.87. The molecular weight excluding hydrogens is 378 g/mol. The first-order chi connectivity index (χ1) is 13.6. The third kappa shape index (κ3) is 3.21. The Labute approximate surface area is 165 Å². The Bertz CT molecular complexity index is 1140. The number of aromatic amines is 1. The average Bonchev–Trinajstić information content (AvgIpc) is 2.68. The van der Waals surface area contributed by atoms with Crippen molar-refractivity contribution in [2.45, 2.75) is 5.92 Å². The highest BCUT2D eigenvalue weighted by Crippen LogP contribution is 2.38. The van der Waals surface area contributed by atoms with Crippen LogP contribution in [0, 0.1) is 17.2 Å². The van der Waals surface area contributed by atoms with Gasteiger partial charge in [-0.3, -0.25) is 14.6 Å². The lowest BCUT2D eigenvalue weighted by atomic mass is 9.79. The number of fused-ring (bicyclic) bond motifs is 1. The number of nitriles is 1. The van der Waals surface area contributed by atoms with E-state index < -0.39 is 23.3 Å². The Balaban J connectivity index is 1.82. The third-order valence-electron chi connectivity index (χ3n) is 4.53. The number of benzene rings is 2. The molecule has 2 heterocycles. The zero-order valence-corrected chi connectivity index (χ0v) is 15.2. The molecule has 138 valence electrons. The van der Waals surface area contributed by atoms with Crippen LogP contribution in [-0.4, -0.2) is 15.9 Å². The molecule has 0 unspecified atom stereocenters. The number of hydrogen-bond donors (Lipinski definition) is 3. The number of amides is 1. The van der Waals surface area contributed by atoms with Crippen LogP contribution in [0.3, 0.4) is 0 Å². The van der Waals surface area contributed by atoms with Crippen LogP contribution in [0.25, 0.3) is 0 Å². The summed E-state index contributed by atoms with van der Waals surface area (Å²) in [6, 6.07) is 17.9. The van der Waals surface area contributed by atoms with E-state index in [2.05, 4.69) is 20.6 Å². The summed E-state index contributed by atoms with van der Waals surface area (Å²) < 4.78 is 0. The number of para-hydroxylation sites is 1. The molecule has 2 aromatic carbocycles. The van der Waals surface area contributed by atoms with E-state index in [0.29, 0.717) is 10.6 Å². The summed E-state index contributed by atoms with van der Waals surface area (Å²) in [5, 5.41) is 15.6. The van der Waals surface area contributed by atoms with Gasteiger partial charge in [-0.05, 0) is 29.8 Å². The van der Waals surface area contributed by atoms with Crippen molar-refractivity contribution in [2.75, 3.05) is 10.6 Å². The van der Waals surface area contributed by atoms with Gasteiger partial charge in [0.15, 0.2) is 0 Å². The maximum atomic E-state index is 12.9. The van der Waals surface area contributed by atoms with Gasteiger partial charge in [0.1, 0.15) is 11.7 Å². The average molecular weight is 392 g/mol. The molecule has 1 aliphatic rings. The Morgan fingerprint density at radius 3 is 2.46 bits per heavy atom. The molecular formula is C20H14ClN5O2. The lowest BCUT2D eigenvalue weighted by Crippen LogP contribution is -2.38. The molecule has 1 aromatic heterocycles. The molecule has 0 radical (unpaired) electrons. The van der Waals surface area contributed by atoms with E-state index >= 15 is 0 Å². The minimum Gasteiger partial charge on any atom is -0.326 e. The molecule has 0 saturated heterocycles. The van der Waals surface area contributed by atoms with Crippen LogP contribution in [0.4, 0.5) is 17.5 Å². The van der Waals surface area contributed by atoms with E-state index in [0.717, 1.165) is 5.69 Å². The van der Waals surface area contributed by atoms with E-state index in [9.17, 15) is 14.9 Å². The number of carbonyl (C=O) groups excluding carboxylic acids is 1. The number of halogens is 1. The van der Waals surface area contributed by atoms with Crippen LogP contribution in [0.15, 0.2) is 59.4 Å². The first-order valence-electron chi connectivity index (χ1n) is 8.49. The maximum absolute atomic E-state index is 12.9. The van der Waals surface area contributed by atoms with Crippen LogP contribution in [-0.2, 0) is 4.79 Å². The summed E-state index contributed by atoms with van der Waals surface area (Å²) in [5.41, 5.74) is 1.19. The van der Waals surface area contributed by atoms with Gasteiger partial charge in [0, 0.05) is 16.6 Å². The Morgan fingerprint density at radius 1 is 1.07 bits per heavy atom. The fraction of sp³-hybridized carbons (Fsp3) is 0.100. The van der Waals surface area contributed by atoms with Crippen molar-refractivity contribution in [3.05, 3.63) is 81.1 Å². The second-order valence-corrected chi connectivity index (χ2v) is 6.73. The van der Waals surface area contributed by atoms with Gasteiger partial charge < -0.3 is 10.6 Å². The van der Waals surface area contributed by atoms with Crippen molar-refractivity contribution in [3.63, 3.8) is 0 Å². The van der Waals surface area contributed by atoms with E-state index in [1.165, 1.54) is 0 Å². The van der Waals surface area contributed by atoms with Crippen LogP contribution in [0.1, 0.15) is 17.0 Å². The predicted molar refractivity (Wildman–Crippen MR) is 106 cm³/mol. The second kappa shape index (κ2) is 7.18. The Morgan fingerprint density at radius 2 is 1.79 bits per heavy atom. The van der Waals surface area contributed by atoms with Crippen LogP contribution < -0.4 is 16.2 Å².